The summed E-state index contributed by atoms with van der Waals surface area (Å²) in [4.78, 5) is 0. The number of halogens is 1. The van der Waals surface area contributed by atoms with Crippen LogP contribution >= 0.6 is 0 Å². The second-order valence-electron chi connectivity index (χ2n) is 6.02. The highest BCUT2D eigenvalue weighted by Crippen LogP contribution is 2.18. The van der Waals surface area contributed by atoms with Gasteiger partial charge in [-0.2, -0.15) is 0 Å². The molecule has 0 unspecified atom stereocenters. The molecule has 0 spiro atoms. The Morgan fingerprint density at radius 2 is 1.89 bits per heavy atom. The smallest absolute Gasteiger partial charge is 0.165 e. The van der Waals surface area contributed by atoms with Gasteiger partial charge in [0.1, 0.15) is 0 Å². The number of unbranched alkanes of at least 4 members (excludes halogenated alkanes) is 2. The molecule has 0 atom stereocenters. The van der Waals surface area contributed by atoms with E-state index in [0.29, 0.717) is 12.4 Å². The summed E-state index contributed by atoms with van der Waals surface area (Å²) in [6, 6.07) is 4.95. The van der Waals surface area contributed by atoms with Crippen LogP contribution in [0.4, 0.5) is 4.39 Å². The van der Waals surface area contributed by atoms with E-state index in [0.717, 1.165) is 31.4 Å². The molecule has 108 valence electrons. The molecule has 1 N–H and O–H groups in total. The normalized spacial score (nSPS) is 11.6. The van der Waals surface area contributed by atoms with Crippen LogP contribution in [0.15, 0.2) is 18.2 Å². The van der Waals surface area contributed by atoms with Crippen LogP contribution in [0.5, 0.6) is 5.75 Å². The third kappa shape index (κ3) is 7.16. The molecule has 0 radical (unpaired) electrons. The van der Waals surface area contributed by atoms with Crippen LogP contribution < -0.4 is 10.1 Å². The Kier molecular flexibility index (Phi) is 6.29. The summed E-state index contributed by atoms with van der Waals surface area (Å²) in [6.07, 6.45) is 3.17. The lowest BCUT2D eigenvalue weighted by molar-refractivity contribution is 0.289. The number of ether oxygens (including phenoxy) is 1. The van der Waals surface area contributed by atoms with Crippen LogP contribution in [0.25, 0.3) is 0 Å². The molecule has 0 fully saturated rings. The van der Waals surface area contributed by atoms with Gasteiger partial charge in [-0.15, -0.1) is 0 Å². The van der Waals surface area contributed by atoms with E-state index in [1.807, 2.05) is 6.92 Å². The van der Waals surface area contributed by atoms with Crippen molar-refractivity contribution in [2.24, 2.45) is 0 Å². The van der Waals surface area contributed by atoms with Crippen molar-refractivity contribution in [2.45, 2.75) is 52.5 Å². The Bertz CT molecular complexity index is 385. The molecule has 0 heterocycles. The molecule has 0 bridgehead atoms. The monoisotopic (exact) mass is 267 g/mol. The largest absolute Gasteiger partial charge is 0.491 e. The van der Waals surface area contributed by atoms with Gasteiger partial charge in [0.15, 0.2) is 11.6 Å². The average molecular weight is 267 g/mol. The maximum atomic E-state index is 13.4. The summed E-state index contributed by atoms with van der Waals surface area (Å²) in [5.74, 6) is 0.0906. The fraction of sp³-hybridized carbons (Fsp3) is 0.625. The lowest BCUT2D eigenvalue weighted by Crippen LogP contribution is -2.36. The lowest BCUT2D eigenvalue weighted by atomic mass is 10.1. The minimum absolute atomic E-state index is 0.182. The van der Waals surface area contributed by atoms with Gasteiger partial charge in [-0.3, -0.25) is 0 Å². The molecule has 1 aromatic rings. The molecule has 2 nitrogen and oxygen atoms in total. The van der Waals surface area contributed by atoms with Crippen LogP contribution in [-0.4, -0.2) is 18.7 Å². The van der Waals surface area contributed by atoms with Crippen molar-refractivity contribution < 1.29 is 9.13 Å². The SMILES string of the molecule is Cc1ccc(F)c(OCCCCCNC(C)(C)C)c1. The van der Waals surface area contributed by atoms with Gasteiger partial charge >= 0.3 is 0 Å². The summed E-state index contributed by atoms with van der Waals surface area (Å²) in [6.45, 7) is 10.0. The zero-order valence-corrected chi connectivity index (χ0v) is 12.6. The topological polar surface area (TPSA) is 21.3 Å². The molecule has 0 amide bonds. The molecule has 0 saturated carbocycles. The minimum atomic E-state index is -0.278. The molecular formula is C16H26FNO. The van der Waals surface area contributed by atoms with Gasteiger partial charge < -0.3 is 10.1 Å². The number of hydrogen-bond donors (Lipinski definition) is 1. The zero-order chi connectivity index (χ0) is 14.3. The number of aryl methyl sites for hydroxylation is 1. The Labute approximate surface area is 116 Å². The van der Waals surface area contributed by atoms with Gasteiger partial charge in [-0.1, -0.05) is 6.07 Å². The van der Waals surface area contributed by atoms with Crippen LogP contribution in [-0.2, 0) is 0 Å². The molecule has 0 aliphatic carbocycles. The fourth-order valence-corrected chi connectivity index (χ4v) is 1.77. The van der Waals surface area contributed by atoms with Gasteiger partial charge in [-0.05, 0) is 71.2 Å². The molecule has 1 aromatic carbocycles. The van der Waals surface area contributed by atoms with Crippen LogP contribution in [0.3, 0.4) is 0 Å². The maximum absolute atomic E-state index is 13.4. The van der Waals surface area contributed by atoms with E-state index in [-0.39, 0.29) is 11.4 Å². The van der Waals surface area contributed by atoms with Crippen molar-refractivity contribution in [3.8, 4) is 5.75 Å². The van der Waals surface area contributed by atoms with Gasteiger partial charge in [0.05, 0.1) is 6.61 Å². The summed E-state index contributed by atoms with van der Waals surface area (Å²) in [7, 11) is 0. The van der Waals surface area contributed by atoms with E-state index in [4.69, 9.17) is 4.74 Å². The van der Waals surface area contributed by atoms with Crippen molar-refractivity contribution >= 4 is 0 Å². The van der Waals surface area contributed by atoms with E-state index < -0.39 is 0 Å². The first-order chi connectivity index (χ1) is 8.88. The molecule has 0 aromatic heterocycles. The van der Waals surface area contributed by atoms with Crippen molar-refractivity contribution in [2.75, 3.05) is 13.2 Å². The highest BCUT2D eigenvalue weighted by atomic mass is 19.1. The summed E-state index contributed by atoms with van der Waals surface area (Å²) < 4.78 is 18.9. The molecule has 0 saturated heterocycles. The van der Waals surface area contributed by atoms with Crippen LogP contribution in [0.1, 0.15) is 45.6 Å². The van der Waals surface area contributed by atoms with E-state index >= 15 is 0 Å². The average Bonchev–Trinajstić information content (AvgIpc) is 2.31. The van der Waals surface area contributed by atoms with E-state index in [9.17, 15) is 4.39 Å². The third-order valence-corrected chi connectivity index (χ3v) is 2.82. The Balaban J connectivity index is 2.12. The first kappa shape index (κ1) is 16.0. The highest BCUT2D eigenvalue weighted by molar-refractivity contribution is 5.29. The lowest BCUT2D eigenvalue weighted by Gasteiger charge is -2.20. The predicted molar refractivity (Wildman–Crippen MR) is 78.2 cm³/mol. The number of nitrogens with one attached hydrogen (secondary N) is 1. The van der Waals surface area contributed by atoms with Gasteiger partial charge in [0.25, 0.3) is 0 Å². The van der Waals surface area contributed by atoms with Gasteiger partial charge in [0.2, 0.25) is 0 Å². The first-order valence-electron chi connectivity index (χ1n) is 7.02. The van der Waals surface area contributed by atoms with Crippen molar-refractivity contribution in [3.63, 3.8) is 0 Å². The molecule has 19 heavy (non-hydrogen) atoms. The number of hydrogen-bond acceptors (Lipinski definition) is 2. The third-order valence-electron chi connectivity index (χ3n) is 2.82. The molecule has 0 aliphatic heterocycles. The van der Waals surface area contributed by atoms with Gasteiger partial charge in [0, 0.05) is 5.54 Å². The Hall–Kier alpha value is -1.09. The number of benzene rings is 1. The highest BCUT2D eigenvalue weighted by Gasteiger charge is 2.07. The first-order valence-corrected chi connectivity index (χ1v) is 7.02. The maximum Gasteiger partial charge on any atom is 0.165 e. The summed E-state index contributed by atoms with van der Waals surface area (Å²) >= 11 is 0. The standard InChI is InChI=1S/C16H26FNO/c1-13-8-9-14(17)15(12-13)19-11-7-5-6-10-18-16(2,3)4/h8-9,12,18H,5-7,10-11H2,1-4H3. The van der Waals surface area contributed by atoms with Crippen molar-refractivity contribution in [1.29, 1.82) is 0 Å². The van der Waals surface area contributed by atoms with E-state index in [1.165, 1.54) is 6.07 Å². The van der Waals surface area contributed by atoms with Gasteiger partial charge in [-0.25, -0.2) is 4.39 Å². The molecule has 1 rings (SSSR count). The fourth-order valence-electron chi connectivity index (χ4n) is 1.77. The van der Waals surface area contributed by atoms with Crippen LogP contribution in [0.2, 0.25) is 0 Å². The second-order valence-corrected chi connectivity index (χ2v) is 6.02. The van der Waals surface area contributed by atoms with E-state index in [2.05, 4.69) is 26.1 Å². The number of rotatable bonds is 7. The summed E-state index contributed by atoms with van der Waals surface area (Å²) in [5, 5.41) is 3.45. The van der Waals surface area contributed by atoms with E-state index in [1.54, 1.807) is 12.1 Å². The quantitative estimate of drug-likeness (QED) is 0.752. The second kappa shape index (κ2) is 7.49. The van der Waals surface area contributed by atoms with Crippen molar-refractivity contribution in [1.82, 2.24) is 5.32 Å². The summed E-state index contributed by atoms with van der Waals surface area (Å²) in [5.41, 5.74) is 1.20. The Morgan fingerprint density at radius 3 is 2.58 bits per heavy atom. The molecular weight excluding hydrogens is 241 g/mol. The Morgan fingerprint density at radius 1 is 1.16 bits per heavy atom. The molecule has 3 heteroatoms. The van der Waals surface area contributed by atoms with Crippen LogP contribution in [0, 0.1) is 12.7 Å². The predicted octanol–water partition coefficient (Wildman–Crippen LogP) is 4.07. The minimum Gasteiger partial charge on any atom is -0.491 e. The zero-order valence-electron chi connectivity index (χ0n) is 12.6. The van der Waals surface area contributed by atoms with Crippen molar-refractivity contribution in [3.05, 3.63) is 29.6 Å². The molecule has 0 aliphatic rings.